The fourth-order valence-corrected chi connectivity index (χ4v) is 11.3. The maximum absolute atomic E-state index is 15.7. The van der Waals surface area contributed by atoms with Gasteiger partial charge in [-0.2, -0.15) is 0 Å². The Morgan fingerprint density at radius 1 is 0.436 bits per heavy atom. The largest absolute Gasteiger partial charge is 0.370 e. The van der Waals surface area contributed by atoms with E-state index in [2.05, 4.69) is 42.5 Å². The number of carbonyl (C=O) groups is 12. The van der Waals surface area contributed by atoms with Gasteiger partial charge in [-0.3, -0.25) is 57.5 Å². The van der Waals surface area contributed by atoms with Crippen LogP contribution in [-0.4, -0.2) is 149 Å². The number of fused-ring (bicyclic) bond motifs is 1. The van der Waals surface area contributed by atoms with Crippen LogP contribution in [0.2, 0.25) is 0 Å². The molecule has 2 heterocycles. The van der Waals surface area contributed by atoms with Crippen LogP contribution in [0.4, 0.5) is 43.9 Å². The number of nitrogens with zero attached hydrogens (tertiary/aromatic N) is 1. The predicted octanol–water partition coefficient (Wildman–Crippen LogP) is 1.30. The molecule has 35 heteroatoms. The smallest absolute Gasteiger partial charge is 0.246 e. The first kappa shape index (κ1) is 79.8. The highest BCUT2D eigenvalue weighted by Crippen LogP contribution is 2.28. The van der Waals surface area contributed by atoms with Crippen molar-refractivity contribution in [3.8, 4) is 0 Å². The third-order valence-corrected chi connectivity index (χ3v) is 16.6. The summed E-state index contributed by atoms with van der Waals surface area (Å²) in [5.41, 5.74) is 13.9. The Hall–Kier alpha value is -10.2. The molecule has 0 aromatic heterocycles. The van der Waals surface area contributed by atoms with E-state index in [0.717, 1.165) is 4.90 Å². The molecule has 15 N–H and O–H groups in total. The van der Waals surface area contributed by atoms with E-state index < -0.39 is 251 Å². The molecule has 0 bridgehead atoms. The van der Waals surface area contributed by atoms with E-state index in [0.29, 0.717) is 5.56 Å². The highest BCUT2D eigenvalue weighted by Gasteiger charge is 2.43. The van der Waals surface area contributed by atoms with Crippen LogP contribution in [0, 0.1) is 70.0 Å². The van der Waals surface area contributed by atoms with Gasteiger partial charge in [-0.05, 0) is 68.0 Å². The molecule has 4 aromatic carbocycles. The summed E-state index contributed by atoms with van der Waals surface area (Å²) in [5.74, 6) is -42.6. The van der Waals surface area contributed by atoms with Crippen LogP contribution < -0.4 is 65.1 Å². The Morgan fingerprint density at radius 3 is 1.26 bits per heavy atom. The minimum absolute atomic E-state index is 0.00716. The number of rotatable bonds is 19. The Balaban J connectivity index is 1.54. The van der Waals surface area contributed by atoms with Gasteiger partial charge < -0.3 is 70.0 Å². The van der Waals surface area contributed by atoms with E-state index in [1.54, 1.807) is 44.2 Å². The number of nitrogens with one attached hydrogen (secondary N) is 9. The fourth-order valence-electron chi connectivity index (χ4n) is 11.3. The third-order valence-electron chi connectivity index (χ3n) is 16.6. The van der Waals surface area contributed by atoms with Crippen LogP contribution in [0.3, 0.4) is 0 Å². The zero-order valence-electron chi connectivity index (χ0n) is 55.0. The van der Waals surface area contributed by atoms with Crippen molar-refractivity contribution >= 4 is 70.9 Å². The van der Waals surface area contributed by atoms with Crippen LogP contribution in [-0.2, 0) is 83.2 Å². The molecule has 0 spiro atoms. The molecule has 2 saturated heterocycles. The normalized spacial score (nSPS) is 23.0. The SMILES string of the molecule is CC(C)C[C@@H]1NC(=O)[C@H](CCCN)NC(=O)[C@H](C(C)C)NC(=O)[C@H](Cc2c(F)c(F)c(F)c(F)c2F)NC(=O)[C@H](CCC(N)=O)NC(=O)[C@H](CC(N)=O)NC(=O)[C@@H](Cc2ccccc2)NC(=O)[C@H](Cc2c(F)c(F)c(F)c(F)c2F)NC(=O)[C@@H]2CCCN2C(=O)[C@@H](Cc2ccccc2)NC1=O. The number of nitrogens with two attached hydrogens (primary N) is 3. The lowest BCUT2D eigenvalue weighted by molar-refractivity contribution is -0.142. The number of benzene rings is 4. The van der Waals surface area contributed by atoms with Gasteiger partial charge in [-0.1, -0.05) is 88.4 Å². The van der Waals surface area contributed by atoms with E-state index in [-0.39, 0.29) is 57.2 Å². The Kier molecular flexibility index (Phi) is 28.6. The Labute approximate surface area is 571 Å². The average molecular weight is 1430 g/mol. The quantitative estimate of drug-likeness (QED) is 0.0358. The molecule has 0 aliphatic carbocycles. The van der Waals surface area contributed by atoms with E-state index in [9.17, 15) is 79.1 Å². The highest BCUT2D eigenvalue weighted by atomic mass is 19.2. The van der Waals surface area contributed by atoms with Crippen LogP contribution >= 0.6 is 0 Å². The second kappa shape index (κ2) is 36.2. The second-order valence-corrected chi connectivity index (χ2v) is 25.0. The summed E-state index contributed by atoms with van der Waals surface area (Å²) < 4.78 is 151. The molecule has 12 amide bonds. The number of hydrogen-bond donors (Lipinski definition) is 12. The maximum Gasteiger partial charge on any atom is 0.246 e. The first-order valence-electron chi connectivity index (χ1n) is 32.0. The molecular weight excluding hydrogens is 1360 g/mol. The average Bonchev–Trinajstić information content (AvgIpc) is 0.834. The van der Waals surface area contributed by atoms with Gasteiger partial charge in [0.2, 0.25) is 82.5 Å². The lowest BCUT2D eigenvalue weighted by atomic mass is 9.98. The second-order valence-electron chi connectivity index (χ2n) is 25.0. The van der Waals surface area contributed by atoms with E-state index in [1.807, 2.05) is 5.32 Å². The van der Waals surface area contributed by atoms with Gasteiger partial charge in [0, 0.05) is 49.8 Å². The molecule has 548 valence electrons. The standard InChI is InChI=1S/C66H77F10N13O12/c1-29(2)23-37-59(94)87-42(25-32-15-9-6-10-16-32)66(101)89-22-12-18-43(89)64(99)86-39(26-33-46(67)50(71)54(75)51(72)47(33)68)61(96)83-38(24-31-13-7-5-8-14-31)60(95)85-41(28-45(79)91)62(97)80-36(19-20-44(78)90)58(93)84-40(27-34-48(69)52(73)55(76)53(74)49(34)70)63(98)88-56(30(3)4)65(100)81-35(17-11-21-77)57(92)82-37/h5-10,13-16,29-30,35-43,56H,11-12,17-28,77H2,1-4H3,(H2,78,90)(H2,79,91)(H,80,97)(H,81,100)(H,82,92)(H,83,96)(H,84,93)(H,85,95)(H,86,99)(H,87,94)(H,88,98)/t35-,36-,37-,38+,39-,40-,41-,42+,43-,56-/m0/s1. The van der Waals surface area contributed by atoms with E-state index >= 15 is 22.4 Å². The lowest BCUT2D eigenvalue weighted by Gasteiger charge is -2.32. The van der Waals surface area contributed by atoms with Crippen molar-refractivity contribution in [3.63, 3.8) is 0 Å². The molecule has 2 aliphatic rings. The number of primary amides is 2. The minimum atomic E-state index is -2.64. The summed E-state index contributed by atoms with van der Waals surface area (Å²) in [6.07, 6.45) is -7.79. The van der Waals surface area contributed by atoms with Crippen LogP contribution in [0.25, 0.3) is 0 Å². The fraction of sp³-hybridized carbons (Fsp3) is 0.455. The molecule has 0 radical (unpaired) electrons. The van der Waals surface area contributed by atoms with Gasteiger partial charge >= 0.3 is 0 Å². The van der Waals surface area contributed by atoms with Crippen molar-refractivity contribution in [2.24, 2.45) is 29.0 Å². The maximum atomic E-state index is 15.7. The van der Waals surface area contributed by atoms with Crippen molar-refractivity contribution in [1.29, 1.82) is 0 Å². The van der Waals surface area contributed by atoms with Crippen LogP contribution in [0.15, 0.2) is 60.7 Å². The topological polar surface area (TPSA) is 394 Å². The van der Waals surface area contributed by atoms with Crippen LogP contribution in [0.5, 0.6) is 0 Å². The van der Waals surface area contributed by atoms with Gasteiger partial charge in [0.1, 0.15) is 60.4 Å². The molecule has 10 atom stereocenters. The zero-order valence-corrected chi connectivity index (χ0v) is 55.0. The summed E-state index contributed by atoms with van der Waals surface area (Å²) in [6, 6.07) is -4.76. The summed E-state index contributed by atoms with van der Waals surface area (Å²) in [7, 11) is 0. The summed E-state index contributed by atoms with van der Waals surface area (Å²) >= 11 is 0. The summed E-state index contributed by atoms with van der Waals surface area (Å²) in [6.45, 7) is 5.64. The molecule has 0 unspecified atom stereocenters. The molecular formula is C66H77F10N13O12. The van der Waals surface area contributed by atoms with Gasteiger partial charge in [0.25, 0.3) is 0 Å². The highest BCUT2D eigenvalue weighted by molar-refractivity contribution is 6.01. The molecule has 4 aromatic rings. The van der Waals surface area contributed by atoms with E-state index in [4.69, 9.17) is 17.2 Å². The molecule has 25 nitrogen and oxygen atoms in total. The van der Waals surface area contributed by atoms with Crippen molar-refractivity contribution in [2.45, 2.75) is 165 Å². The number of amides is 12. The summed E-state index contributed by atoms with van der Waals surface area (Å²) in [5, 5.41) is 20.5. The molecule has 0 saturated carbocycles. The molecule has 2 fully saturated rings. The van der Waals surface area contributed by atoms with Crippen LogP contribution in [0.1, 0.15) is 101 Å². The Morgan fingerprint density at radius 2 is 0.802 bits per heavy atom. The van der Waals surface area contributed by atoms with Gasteiger partial charge in [0.15, 0.2) is 46.5 Å². The van der Waals surface area contributed by atoms with Gasteiger partial charge in [-0.15, -0.1) is 0 Å². The number of hydrogen-bond acceptors (Lipinski definition) is 13. The molecule has 6 rings (SSSR count). The predicted molar refractivity (Wildman–Crippen MR) is 337 cm³/mol. The lowest BCUT2D eigenvalue weighted by Crippen LogP contribution is -2.62. The monoisotopic (exact) mass is 1430 g/mol. The summed E-state index contributed by atoms with van der Waals surface area (Å²) in [4.78, 5) is 173. The molecule has 101 heavy (non-hydrogen) atoms. The number of carbonyl (C=O) groups excluding carboxylic acids is 12. The minimum Gasteiger partial charge on any atom is -0.370 e. The van der Waals surface area contributed by atoms with Crippen molar-refractivity contribution in [3.05, 3.63) is 141 Å². The number of halogens is 10. The molecule has 2 aliphatic heterocycles. The van der Waals surface area contributed by atoms with E-state index in [1.165, 1.54) is 44.2 Å². The van der Waals surface area contributed by atoms with Gasteiger partial charge in [-0.25, -0.2) is 43.9 Å². The first-order chi connectivity index (χ1) is 47.6. The van der Waals surface area contributed by atoms with Crippen molar-refractivity contribution < 1.29 is 101 Å². The first-order valence-corrected chi connectivity index (χ1v) is 32.0. The zero-order chi connectivity index (χ0) is 74.9. The Bertz CT molecular complexity index is 3710. The van der Waals surface area contributed by atoms with Crippen molar-refractivity contribution in [2.75, 3.05) is 13.1 Å². The van der Waals surface area contributed by atoms with Gasteiger partial charge in [0.05, 0.1) is 6.42 Å². The van der Waals surface area contributed by atoms with Crippen molar-refractivity contribution in [1.82, 2.24) is 52.8 Å². The third kappa shape index (κ3) is 21.2.